The van der Waals surface area contributed by atoms with Crippen LogP contribution in [0.5, 0.6) is 0 Å². The third-order valence-corrected chi connectivity index (χ3v) is 7.24. The molecule has 0 saturated heterocycles. The molecular weight excluding hydrogens is 495 g/mol. The molecule has 2 aromatic heterocycles. The average molecular weight is 525 g/mol. The molecule has 0 radical (unpaired) electrons. The normalized spacial score (nSPS) is 17.7. The molecule has 0 aliphatic carbocycles. The smallest absolute Gasteiger partial charge is 0.343 e. The molecular formula is C27H29FN4O6. The Balaban J connectivity index is 1.62. The van der Waals surface area contributed by atoms with Crippen LogP contribution < -0.4 is 16.2 Å². The van der Waals surface area contributed by atoms with Crippen molar-refractivity contribution in [3.8, 4) is 11.4 Å². The van der Waals surface area contributed by atoms with Crippen molar-refractivity contribution in [2.45, 2.75) is 52.5 Å². The molecule has 1 amide bonds. The minimum Gasteiger partial charge on any atom is -0.458 e. The first-order valence-corrected chi connectivity index (χ1v) is 12.5. The number of pyridine rings is 2. The number of ether oxygens (including phenoxy) is 2. The molecule has 38 heavy (non-hydrogen) atoms. The predicted molar refractivity (Wildman–Crippen MR) is 136 cm³/mol. The molecule has 0 fully saturated rings. The SMILES string of the molecule is CCNCOCC(=O)NCc1c2c(nc3cc(F)c(C)cc13)-c1cc3c(c(=O)n1C2)COC(=O)[C@]3(O)CC. The molecule has 10 nitrogen and oxygen atoms in total. The number of aromatic nitrogens is 2. The minimum absolute atomic E-state index is 0.0251. The van der Waals surface area contributed by atoms with Gasteiger partial charge in [0.05, 0.1) is 35.7 Å². The Labute approximate surface area is 217 Å². The van der Waals surface area contributed by atoms with Crippen LogP contribution in [0, 0.1) is 12.7 Å². The Morgan fingerprint density at radius 3 is 2.79 bits per heavy atom. The van der Waals surface area contributed by atoms with Gasteiger partial charge >= 0.3 is 5.97 Å². The number of cyclic esters (lactones) is 1. The zero-order valence-corrected chi connectivity index (χ0v) is 21.4. The fraction of sp³-hybridized carbons (Fsp3) is 0.407. The number of aliphatic hydroxyl groups is 1. The summed E-state index contributed by atoms with van der Waals surface area (Å²) in [4.78, 5) is 43.1. The van der Waals surface area contributed by atoms with Crippen molar-refractivity contribution in [3.63, 3.8) is 0 Å². The van der Waals surface area contributed by atoms with Gasteiger partial charge in [0.15, 0.2) is 5.60 Å². The van der Waals surface area contributed by atoms with Crippen molar-refractivity contribution >= 4 is 22.8 Å². The maximum Gasteiger partial charge on any atom is 0.343 e. The second-order valence-corrected chi connectivity index (χ2v) is 9.51. The van der Waals surface area contributed by atoms with Crippen LogP contribution >= 0.6 is 0 Å². The van der Waals surface area contributed by atoms with E-state index in [0.29, 0.717) is 45.5 Å². The van der Waals surface area contributed by atoms with Crippen molar-refractivity contribution in [1.82, 2.24) is 20.2 Å². The Bertz CT molecular complexity index is 1530. The van der Waals surface area contributed by atoms with Gasteiger partial charge in [-0.05, 0) is 43.1 Å². The van der Waals surface area contributed by atoms with Crippen LogP contribution in [0.4, 0.5) is 4.39 Å². The van der Waals surface area contributed by atoms with Crippen molar-refractivity contribution in [2.24, 2.45) is 0 Å². The topological polar surface area (TPSA) is 132 Å². The lowest BCUT2D eigenvalue weighted by atomic mass is 9.86. The third-order valence-electron chi connectivity index (χ3n) is 7.24. The van der Waals surface area contributed by atoms with E-state index in [1.54, 1.807) is 26.0 Å². The van der Waals surface area contributed by atoms with Gasteiger partial charge in [0, 0.05) is 29.1 Å². The number of halogens is 1. The molecule has 1 atom stereocenters. The Morgan fingerprint density at radius 1 is 1.26 bits per heavy atom. The van der Waals surface area contributed by atoms with Crippen LogP contribution in [-0.4, -0.2) is 46.4 Å². The number of nitrogens with one attached hydrogen (secondary N) is 2. The highest BCUT2D eigenvalue weighted by Crippen LogP contribution is 2.40. The highest BCUT2D eigenvalue weighted by molar-refractivity contribution is 5.90. The van der Waals surface area contributed by atoms with Crippen LogP contribution in [0.1, 0.15) is 48.1 Å². The van der Waals surface area contributed by atoms with Crippen molar-refractivity contribution < 1.29 is 28.6 Å². The van der Waals surface area contributed by atoms with E-state index in [4.69, 9.17) is 14.5 Å². The van der Waals surface area contributed by atoms with Gasteiger partial charge in [-0.2, -0.15) is 0 Å². The lowest BCUT2D eigenvalue weighted by molar-refractivity contribution is -0.172. The zero-order valence-electron chi connectivity index (χ0n) is 21.4. The monoisotopic (exact) mass is 524 g/mol. The van der Waals surface area contributed by atoms with Gasteiger partial charge in [-0.15, -0.1) is 0 Å². The zero-order chi connectivity index (χ0) is 27.2. The van der Waals surface area contributed by atoms with E-state index in [1.807, 2.05) is 6.92 Å². The summed E-state index contributed by atoms with van der Waals surface area (Å²) < 4.78 is 26.5. The summed E-state index contributed by atoms with van der Waals surface area (Å²) >= 11 is 0. The van der Waals surface area contributed by atoms with Crippen LogP contribution in [0.3, 0.4) is 0 Å². The van der Waals surface area contributed by atoms with Gasteiger partial charge < -0.3 is 24.5 Å². The Kier molecular flexibility index (Phi) is 6.76. The summed E-state index contributed by atoms with van der Waals surface area (Å²) in [6, 6.07) is 4.61. The number of esters is 1. The molecule has 3 N–H and O–H groups in total. The largest absolute Gasteiger partial charge is 0.458 e. The number of amides is 1. The summed E-state index contributed by atoms with van der Waals surface area (Å²) in [5.74, 6) is -1.56. The third kappa shape index (κ3) is 4.16. The van der Waals surface area contributed by atoms with E-state index in [0.717, 1.165) is 0 Å². The molecule has 0 bridgehead atoms. The number of carbonyl (C=O) groups is 2. The van der Waals surface area contributed by atoms with Crippen molar-refractivity contribution in [2.75, 3.05) is 19.9 Å². The molecule has 0 spiro atoms. The van der Waals surface area contributed by atoms with Crippen LogP contribution in [0.15, 0.2) is 23.0 Å². The first-order valence-electron chi connectivity index (χ1n) is 12.5. The molecule has 200 valence electrons. The molecule has 3 aromatic rings. The summed E-state index contributed by atoms with van der Waals surface area (Å²) in [6.45, 7) is 6.07. The molecule has 1 aromatic carbocycles. The predicted octanol–water partition coefficient (Wildman–Crippen LogP) is 1.73. The first-order chi connectivity index (χ1) is 18.2. The van der Waals surface area contributed by atoms with Gasteiger partial charge in [-0.25, -0.2) is 14.2 Å². The highest BCUT2D eigenvalue weighted by Gasteiger charge is 2.45. The number of aryl methyl sites for hydroxylation is 1. The summed E-state index contributed by atoms with van der Waals surface area (Å²) in [5, 5.41) is 17.6. The lowest BCUT2D eigenvalue weighted by Crippen LogP contribution is -2.44. The Hall–Kier alpha value is -3.67. The molecule has 5 rings (SSSR count). The van der Waals surface area contributed by atoms with Gasteiger partial charge in [0.25, 0.3) is 5.56 Å². The summed E-state index contributed by atoms with van der Waals surface area (Å²) in [7, 11) is 0. The average Bonchev–Trinajstić information content (AvgIpc) is 3.26. The molecule has 0 unspecified atom stereocenters. The van der Waals surface area contributed by atoms with E-state index in [1.165, 1.54) is 10.6 Å². The molecule has 2 aliphatic heterocycles. The number of hydrogen-bond acceptors (Lipinski definition) is 8. The highest BCUT2D eigenvalue weighted by atomic mass is 19.1. The maximum absolute atomic E-state index is 14.6. The number of fused-ring (bicyclic) bond motifs is 5. The molecule has 4 heterocycles. The quantitative estimate of drug-likeness (QED) is 0.180. The van der Waals surface area contributed by atoms with Gasteiger partial charge in [0.1, 0.15) is 19.0 Å². The fourth-order valence-electron chi connectivity index (χ4n) is 5.05. The second-order valence-electron chi connectivity index (χ2n) is 9.51. The molecule has 2 aliphatic rings. The van der Waals surface area contributed by atoms with Gasteiger partial charge in [0.2, 0.25) is 5.91 Å². The van der Waals surface area contributed by atoms with Gasteiger partial charge in [-0.3, -0.25) is 14.9 Å². The lowest BCUT2D eigenvalue weighted by Gasteiger charge is -2.31. The summed E-state index contributed by atoms with van der Waals surface area (Å²) in [5.41, 5.74) is 1.10. The second kappa shape index (κ2) is 9.90. The van der Waals surface area contributed by atoms with Crippen molar-refractivity contribution in [1.29, 1.82) is 0 Å². The van der Waals surface area contributed by atoms with Gasteiger partial charge in [-0.1, -0.05) is 13.8 Å². The van der Waals surface area contributed by atoms with Crippen LogP contribution in [-0.2, 0) is 44.4 Å². The van der Waals surface area contributed by atoms with E-state index in [-0.39, 0.29) is 56.5 Å². The minimum atomic E-state index is -1.95. The van der Waals surface area contributed by atoms with E-state index >= 15 is 0 Å². The number of rotatable bonds is 8. The van der Waals surface area contributed by atoms with Crippen LogP contribution in [0.25, 0.3) is 22.3 Å². The van der Waals surface area contributed by atoms with E-state index in [9.17, 15) is 23.9 Å². The van der Waals surface area contributed by atoms with Crippen molar-refractivity contribution in [3.05, 3.63) is 62.2 Å². The summed E-state index contributed by atoms with van der Waals surface area (Å²) in [6.07, 6.45) is 0.0251. The van der Waals surface area contributed by atoms with E-state index in [2.05, 4.69) is 10.6 Å². The van der Waals surface area contributed by atoms with E-state index < -0.39 is 22.9 Å². The maximum atomic E-state index is 14.6. The molecule has 0 saturated carbocycles. The number of hydrogen-bond donors (Lipinski definition) is 3. The number of carbonyl (C=O) groups excluding carboxylic acids is 2. The number of nitrogens with zero attached hydrogens (tertiary/aromatic N) is 2. The fourth-order valence-corrected chi connectivity index (χ4v) is 5.05. The Morgan fingerprint density at radius 2 is 2.05 bits per heavy atom. The van der Waals surface area contributed by atoms with Crippen LogP contribution in [0.2, 0.25) is 0 Å². The standard InChI is InChI=1S/C27H29FN4O6/c1-4-27(36)19-7-22-24-17(10-32(22)25(34)18(19)11-38-26(27)35)16(9-30-23(33)12-37-13-29-5-2)15-6-14(3)20(28)8-21(15)31-24/h6-8,29,36H,4-5,9-13H2,1-3H3,(H,30,33)/t27-/m0/s1. The number of benzene rings is 1. The first kappa shape index (κ1) is 26.0. The molecule has 11 heteroatoms.